The maximum atomic E-state index is 12.9. The normalized spacial score (nSPS) is 13.2. The molecule has 2 rings (SSSR count). The van der Waals surface area contributed by atoms with Crippen LogP contribution in [-0.4, -0.2) is 11.5 Å². The number of benzene rings is 1. The van der Waals surface area contributed by atoms with E-state index < -0.39 is 0 Å². The second kappa shape index (κ2) is 4.61. The Morgan fingerprint density at radius 1 is 1.50 bits per heavy atom. The average molecular weight is 222 g/mol. The summed E-state index contributed by atoms with van der Waals surface area (Å²) in [6, 6.07) is 4.38. The largest absolute Gasteiger partial charge is 0.440 e. The zero-order valence-corrected chi connectivity index (χ0v) is 9.24. The van der Waals surface area contributed by atoms with Crippen molar-refractivity contribution >= 4 is 11.1 Å². The first kappa shape index (κ1) is 11.1. The van der Waals surface area contributed by atoms with Crippen molar-refractivity contribution in [3.8, 4) is 0 Å². The number of nitrogens with zero attached hydrogens (tertiary/aromatic N) is 1. The van der Waals surface area contributed by atoms with Crippen LogP contribution in [0, 0.1) is 5.82 Å². The van der Waals surface area contributed by atoms with Gasteiger partial charge >= 0.3 is 0 Å². The molecule has 3 nitrogen and oxygen atoms in total. The minimum absolute atomic E-state index is 0.221. The number of nitrogens with two attached hydrogens (primary N) is 1. The fraction of sp³-hybridized carbons (Fsp3) is 0.417. The lowest BCUT2D eigenvalue weighted by molar-refractivity contribution is 0.463. The van der Waals surface area contributed by atoms with Gasteiger partial charge in [-0.25, -0.2) is 9.37 Å². The molecule has 2 aromatic rings. The summed E-state index contributed by atoms with van der Waals surface area (Å²) >= 11 is 0. The quantitative estimate of drug-likeness (QED) is 0.865. The van der Waals surface area contributed by atoms with Crippen LogP contribution in [0.4, 0.5) is 4.39 Å². The third-order valence-corrected chi connectivity index (χ3v) is 2.63. The van der Waals surface area contributed by atoms with Gasteiger partial charge in [-0.15, -0.1) is 0 Å². The van der Waals surface area contributed by atoms with E-state index in [1.807, 2.05) is 6.92 Å². The minimum atomic E-state index is -0.301. The average Bonchev–Trinajstić information content (AvgIpc) is 2.68. The maximum Gasteiger partial charge on any atom is 0.198 e. The van der Waals surface area contributed by atoms with Crippen LogP contribution in [-0.2, 0) is 0 Å². The highest BCUT2D eigenvalue weighted by Gasteiger charge is 2.13. The van der Waals surface area contributed by atoms with Crippen molar-refractivity contribution in [1.82, 2.24) is 4.98 Å². The van der Waals surface area contributed by atoms with E-state index in [1.54, 1.807) is 6.07 Å². The van der Waals surface area contributed by atoms with Gasteiger partial charge in [0.25, 0.3) is 0 Å². The van der Waals surface area contributed by atoms with Gasteiger partial charge in [0.1, 0.15) is 11.3 Å². The van der Waals surface area contributed by atoms with Crippen molar-refractivity contribution in [2.45, 2.75) is 25.7 Å². The molecule has 86 valence electrons. The number of aromatic nitrogens is 1. The third-order valence-electron chi connectivity index (χ3n) is 2.63. The first-order chi connectivity index (χ1) is 7.70. The van der Waals surface area contributed by atoms with Crippen molar-refractivity contribution in [3.63, 3.8) is 0 Å². The molecule has 0 aliphatic rings. The Bertz CT molecular complexity index is 481. The fourth-order valence-electron chi connectivity index (χ4n) is 1.67. The van der Waals surface area contributed by atoms with Crippen LogP contribution in [0.5, 0.6) is 0 Å². The summed E-state index contributed by atoms with van der Waals surface area (Å²) in [5, 5.41) is 0. The second-order valence-corrected chi connectivity index (χ2v) is 4.00. The number of rotatable bonds is 4. The van der Waals surface area contributed by atoms with Gasteiger partial charge in [0.2, 0.25) is 0 Å². The Kier molecular flexibility index (Phi) is 3.19. The smallest absolute Gasteiger partial charge is 0.198 e. The first-order valence-corrected chi connectivity index (χ1v) is 5.46. The summed E-state index contributed by atoms with van der Waals surface area (Å²) < 4.78 is 18.5. The van der Waals surface area contributed by atoms with Crippen LogP contribution in [0.1, 0.15) is 31.6 Å². The molecular formula is C12H15FN2O. The van der Waals surface area contributed by atoms with Gasteiger partial charge in [-0.2, -0.15) is 0 Å². The Labute approximate surface area is 93.5 Å². The first-order valence-electron chi connectivity index (χ1n) is 5.46. The highest BCUT2D eigenvalue weighted by atomic mass is 19.1. The van der Waals surface area contributed by atoms with E-state index in [0.717, 1.165) is 12.8 Å². The molecule has 0 saturated carbocycles. The number of hydrogen-bond acceptors (Lipinski definition) is 3. The maximum absolute atomic E-state index is 12.9. The molecular weight excluding hydrogens is 207 g/mol. The van der Waals surface area contributed by atoms with Gasteiger partial charge in [0, 0.05) is 12.0 Å². The van der Waals surface area contributed by atoms with Crippen molar-refractivity contribution in [2.24, 2.45) is 5.73 Å². The number of hydrogen-bond donors (Lipinski definition) is 1. The molecule has 16 heavy (non-hydrogen) atoms. The highest BCUT2D eigenvalue weighted by Crippen LogP contribution is 2.24. The van der Waals surface area contributed by atoms with Gasteiger partial charge in [-0.05, 0) is 31.5 Å². The van der Waals surface area contributed by atoms with Crippen LogP contribution < -0.4 is 5.73 Å². The van der Waals surface area contributed by atoms with Gasteiger partial charge in [0.15, 0.2) is 11.5 Å². The molecule has 0 aliphatic heterocycles. The molecule has 1 aromatic carbocycles. The monoisotopic (exact) mass is 222 g/mol. The minimum Gasteiger partial charge on any atom is -0.440 e. The van der Waals surface area contributed by atoms with Crippen LogP contribution >= 0.6 is 0 Å². The zero-order valence-electron chi connectivity index (χ0n) is 9.24. The standard InChI is InChI=1S/C12H15FN2O/c1-8(3-2-6-14)12-15-10-5-4-9(13)7-11(10)16-12/h4-5,7-8H,2-3,6,14H2,1H3. The van der Waals surface area contributed by atoms with E-state index in [9.17, 15) is 4.39 Å². The SMILES string of the molecule is CC(CCCN)c1nc2ccc(F)cc2o1. The van der Waals surface area contributed by atoms with Crippen molar-refractivity contribution in [3.05, 3.63) is 29.9 Å². The van der Waals surface area contributed by atoms with Crippen LogP contribution in [0.15, 0.2) is 22.6 Å². The molecule has 0 radical (unpaired) electrons. The van der Waals surface area contributed by atoms with Crippen LogP contribution in [0.3, 0.4) is 0 Å². The molecule has 0 saturated heterocycles. The molecule has 1 heterocycles. The second-order valence-electron chi connectivity index (χ2n) is 4.00. The van der Waals surface area contributed by atoms with Crippen molar-refractivity contribution in [1.29, 1.82) is 0 Å². The predicted octanol–water partition coefficient (Wildman–Crippen LogP) is 2.81. The molecule has 1 aromatic heterocycles. The molecule has 0 aliphatic carbocycles. The van der Waals surface area contributed by atoms with E-state index in [2.05, 4.69) is 4.98 Å². The Morgan fingerprint density at radius 3 is 3.06 bits per heavy atom. The highest BCUT2D eigenvalue weighted by molar-refractivity contribution is 5.72. The van der Waals surface area contributed by atoms with E-state index in [0.29, 0.717) is 23.5 Å². The lowest BCUT2D eigenvalue weighted by Gasteiger charge is -2.04. The van der Waals surface area contributed by atoms with E-state index in [1.165, 1.54) is 12.1 Å². The topological polar surface area (TPSA) is 52.0 Å². The number of fused-ring (bicyclic) bond motifs is 1. The molecule has 2 N–H and O–H groups in total. The summed E-state index contributed by atoms with van der Waals surface area (Å²) in [4.78, 5) is 4.33. The van der Waals surface area contributed by atoms with Crippen LogP contribution in [0.25, 0.3) is 11.1 Å². The Balaban J connectivity index is 2.25. The third kappa shape index (κ3) is 2.22. The Morgan fingerprint density at radius 2 is 2.31 bits per heavy atom. The Hall–Kier alpha value is -1.42. The summed E-state index contributed by atoms with van der Waals surface area (Å²) in [5.74, 6) is 0.581. The molecule has 0 spiro atoms. The molecule has 0 bridgehead atoms. The lowest BCUT2D eigenvalue weighted by Crippen LogP contribution is -2.01. The molecule has 0 amide bonds. The molecule has 0 fully saturated rings. The van der Waals surface area contributed by atoms with Crippen molar-refractivity contribution < 1.29 is 8.81 Å². The molecule has 4 heteroatoms. The van der Waals surface area contributed by atoms with E-state index in [-0.39, 0.29) is 11.7 Å². The zero-order chi connectivity index (χ0) is 11.5. The van der Waals surface area contributed by atoms with Gasteiger partial charge in [0.05, 0.1) is 0 Å². The van der Waals surface area contributed by atoms with Gasteiger partial charge < -0.3 is 10.2 Å². The van der Waals surface area contributed by atoms with E-state index in [4.69, 9.17) is 10.2 Å². The van der Waals surface area contributed by atoms with E-state index >= 15 is 0 Å². The van der Waals surface area contributed by atoms with Crippen LogP contribution in [0.2, 0.25) is 0 Å². The number of oxazole rings is 1. The summed E-state index contributed by atoms with van der Waals surface area (Å²) in [7, 11) is 0. The van der Waals surface area contributed by atoms with Gasteiger partial charge in [-0.1, -0.05) is 6.92 Å². The predicted molar refractivity (Wildman–Crippen MR) is 60.7 cm³/mol. The molecule has 1 atom stereocenters. The van der Waals surface area contributed by atoms with Gasteiger partial charge in [-0.3, -0.25) is 0 Å². The fourth-order valence-corrected chi connectivity index (χ4v) is 1.67. The summed E-state index contributed by atoms with van der Waals surface area (Å²) in [5.41, 5.74) is 6.66. The summed E-state index contributed by atoms with van der Waals surface area (Å²) in [6.45, 7) is 2.70. The lowest BCUT2D eigenvalue weighted by atomic mass is 10.1. The summed E-state index contributed by atoms with van der Waals surface area (Å²) in [6.07, 6.45) is 1.88. The molecule has 1 unspecified atom stereocenters. The number of halogens is 1. The van der Waals surface area contributed by atoms with Crippen molar-refractivity contribution in [2.75, 3.05) is 6.54 Å².